The summed E-state index contributed by atoms with van der Waals surface area (Å²) in [6, 6.07) is 18.0. The summed E-state index contributed by atoms with van der Waals surface area (Å²) in [6.45, 7) is 2.91. The molecule has 2 aromatic rings. The van der Waals surface area contributed by atoms with Gasteiger partial charge in [0.05, 0.1) is 19.8 Å². The quantitative estimate of drug-likeness (QED) is 0.703. The monoisotopic (exact) mass is 368 g/mol. The van der Waals surface area contributed by atoms with Crippen LogP contribution in [-0.2, 0) is 4.79 Å². The van der Waals surface area contributed by atoms with Gasteiger partial charge in [0.15, 0.2) is 0 Å². The van der Waals surface area contributed by atoms with E-state index in [2.05, 4.69) is 24.1 Å². The maximum absolute atomic E-state index is 12.6. The molecule has 0 bridgehead atoms. The molecule has 1 aliphatic heterocycles. The molecule has 3 rings (SSSR count). The number of carbonyl (C=O) groups is 1. The lowest BCUT2D eigenvalue weighted by Gasteiger charge is -2.40. The van der Waals surface area contributed by atoms with Crippen LogP contribution in [-0.4, -0.2) is 56.1 Å². The van der Waals surface area contributed by atoms with Crippen molar-refractivity contribution in [3.8, 4) is 11.5 Å². The zero-order valence-electron chi connectivity index (χ0n) is 16.1. The Bertz CT molecular complexity index is 735. The topological polar surface area (TPSA) is 42.0 Å². The first-order valence-corrected chi connectivity index (χ1v) is 9.47. The van der Waals surface area contributed by atoms with Crippen molar-refractivity contribution in [2.75, 3.05) is 40.4 Å². The number of hydrogen-bond acceptors (Lipinski definition) is 4. The lowest BCUT2D eigenvalue weighted by Crippen LogP contribution is -2.49. The second kappa shape index (κ2) is 9.42. The van der Waals surface area contributed by atoms with E-state index in [-0.39, 0.29) is 11.9 Å². The van der Waals surface area contributed by atoms with E-state index in [1.165, 1.54) is 5.56 Å². The number of rotatable bonds is 7. The largest absolute Gasteiger partial charge is 0.497 e. The van der Waals surface area contributed by atoms with Crippen molar-refractivity contribution in [1.82, 2.24) is 9.80 Å². The van der Waals surface area contributed by atoms with Crippen molar-refractivity contribution in [3.05, 3.63) is 60.2 Å². The number of ether oxygens (including phenoxy) is 2. The number of methoxy groups -OCH3 is 1. The van der Waals surface area contributed by atoms with Gasteiger partial charge < -0.3 is 14.4 Å². The number of piperazine rings is 1. The Morgan fingerprint density at radius 2 is 1.85 bits per heavy atom. The predicted molar refractivity (Wildman–Crippen MR) is 106 cm³/mol. The summed E-state index contributed by atoms with van der Waals surface area (Å²) in [5, 5.41) is 0. The molecule has 27 heavy (non-hydrogen) atoms. The molecule has 0 saturated carbocycles. The molecule has 0 aromatic heterocycles. The second-order valence-electron chi connectivity index (χ2n) is 6.88. The average molecular weight is 368 g/mol. The average Bonchev–Trinajstić information content (AvgIpc) is 2.72. The van der Waals surface area contributed by atoms with Gasteiger partial charge in [-0.15, -0.1) is 0 Å². The normalized spacial score (nSPS) is 17.6. The maximum Gasteiger partial charge on any atom is 0.222 e. The van der Waals surface area contributed by atoms with Crippen LogP contribution in [0.1, 0.15) is 24.4 Å². The van der Waals surface area contributed by atoms with Gasteiger partial charge >= 0.3 is 0 Å². The van der Waals surface area contributed by atoms with Crippen molar-refractivity contribution in [2.45, 2.75) is 18.9 Å². The van der Waals surface area contributed by atoms with Crippen molar-refractivity contribution < 1.29 is 14.3 Å². The second-order valence-corrected chi connectivity index (χ2v) is 6.88. The third-order valence-corrected chi connectivity index (χ3v) is 5.03. The molecular formula is C22H28N2O3. The Hall–Kier alpha value is -2.53. The van der Waals surface area contributed by atoms with E-state index in [4.69, 9.17) is 9.47 Å². The van der Waals surface area contributed by atoms with Crippen LogP contribution in [0.4, 0.5) is 0 Å². The number of amides is 1. The van der Waals surface area contributed by atoms with Crippen LogP contribution in [0.25, 0.3) is 0 Å². The van der Waals surface area contributed by atoms with E-state index in [1.54, 1.807) is 7.11 Å². The molecule has 1 saturated heterocycles. The van der Waals surface area contributed by atoms with Gasteiger partial charge in [0.1, 0.15) is 11.5 Å². The van der Waals surface area contributed by atoms with E-state index in [1.807, 2.05) is 47.4 Å². The highest BCUT2D eigenvalue weighted by atomic mass is 16.5. The van der Waals surface area contributed by atoms with Gasteiger partial charge in [0.2, 0.25) is 5.91 Å². The van der Waals surface area contributed by atoms with E-state index < -0.39 is 0 Å². The minimum absolute atomic E-state index is 0.193. The van der Waals surface area contributed by atoms with Gasteiger partial charge in [0, 0.05) is 26.1 Å². The number of nitrogens with zero attached hydrogens (tertiary/aromatic N) is 2. The van der Waals surface area contributed by atoms with Crippen molar-refractivity contribution >= 4 is 5.91 Å². The van der Waals surface area contributed by atoms with E-state index in [0.717, 1.165) is 31.0 Å². The van der Waals surface area contributed by atoms with Crippen molar-refractivity contribution in [3.63, 3.8) is 0 Å². The zero-order valence-corrected chi connectivity index (χ0v) is 16.1. The first-order valence-electron chi connectivity index (χ1n) is 9.47. The summed E-state index contributed by atoms with van der Waals surface area (Å²) in [5.41, 5.74) is 1.18. The number of para-hydroxylation sites is 1. The predicted octanol–water partition coefficient (Wildman–Crippen LogP) is 3.37. The molecule has 1 heterocycles. The Kier molecular flexibility index (Phi) is 6.71. The van der Waals surface area contributed by atoms with Crippen LogP contribution in [0, 0.1) is 0 Å². The SMILES string of the molecule is COc1cccc(C2CN(C(=O)CCCOc3ccccc3)CCN2C)c1. The first-order chi connectivity index (χ1) is 13.2. The molecular weight excluding hydrogens is 340 g/mol. The van der Waals surface area contributed by atoms with Crippen LogP contribution in [0.5, 0.6) is 11.5 Å². The summed E-state index contributed by atoms with van der Waals surface area (Å²) in [6.07, 6.45) is 1.24. The van der Waals surface area contributed by atoms with Gasteiger partial charge in [-0.25, -0.2) is 0 Å². The number of carbonyl (C=O) groups excluding carboxylic acids is 1. The minimum Gasteiger partial charge on any atom is -0.497 e. The summed E-state index contributed by atoms with van der Waals surface area (Å²) >= 11 is 0. The smallest absolute Gasteiger partial charge is 0.222 e. The van der Waals surface area contributed by atoms with Gasteiger partial charge in [-0.1, -0.05) is 30.3 Å². The van der Waals surface area contributed by atoms with Crippen LogP contribution >= 0.6 is 0 Å². The molecule has 1 atom stereocenters. The lowest BCUT2D eigenvalue weighted by molar-refractivity contribution is -0.134. The fourth-order valence-corrected chi connectivity index (χ4v) is 3.40. The molecule has 2 aromatic carbocycles. The Labute approximate surface area is 161 Å². The fourth-order valence-electron chi connectivity index (χ4n) is 3.40. The lowest BCUT2D eigenvalue weighted by atomic mass is 10.0. The number of hydrogen-bond donors (Lipinski definition) is 0. The van der Waals surface area contributed by atoms with Crippen LogP contribution in [0.15, 0.2) is 54.6 Å². The van der Waals surface area contributed by atoms with Crippen molar-refractivity contribution in [1.29, 1.82) is 0 Å². The number of likely N-dealkylation sites (N-methyl/N-ethyl adjacent to an activating group) is 1. The zero-order chi connectivity index (χ0) is 19.1. The van der Waals surface area contributed by atoms with Gasteiger partial charge in [-0.05, 0) is 43.3 Å². The third kappa shape index (κ3) is 5.23. The van der Waals surface area contributed by atoms with E-state index in [0.29, 0.717) is 19.6 Å². The minimum atomic E-state index is 0.193. The molecule has 0 N–H and O–H groups in total. The molecule has 1 fully saturated rings. The number of benzene rings is 2. The summed E-state index contributed by atoms with van der Waals surface area (Å²) < 4.78 is 11.0. The molecule has 1 aliphatic rings. The Morgan fingerprint density at radius 3 is 2.63 bits per heavy atom. The summed E-state index contributed by atoms with van der Waals surface area (Å²) in [5.74, 6) is 1.90. The van der Waals surface area contributed by atoms with E-state index >= 15 is 0 Å². The molecule has 0 spiro atoms. The molecule has 1 amide bonds. The van der Waals surface area contributed by atoms with Crippen LogP contribution in [0.2, 0.25) is 0 Å². The van der Waals surface area contributed by atoms with Crippen LogP contribution < -0.4 is 9.47 Å². The highest BCUT2D eigenvalue weighted by Gasteiger charge is 2.28. The molecule has 1 unspecified atom stereocenters. The standard InChI is InChI=1S/C22H28N2O3/c1-23-13-14-24(17-21(23)18-8-6-11-20(16-18)26-2)22(25)12-7-15-27-19-9-4-3-5-10-19/h3-6,8-11,16,21H,7,12-15,17H2,1-2H3. The van der Waals surface area contributed by atoms with E-state index in [9.17, 15) is 4.79 Å². The maximum atomic E-state index is 12.6. The third-order valence-electron chi connectivity index (χ3n) is 5.03. The van der Waals surface area contributed by atoms with Crippen LogP contribution in [0.3, 0.4) is 0 Å². The molecule has 144 valence electrons. The van der Waals surface area contributed by atoms with Gasteiger partial charge in [-0.3, -0.25) is 9.69 Å². The highest BCUT2D eigenvalue weighted by molar-refractivity contribution is 5.76. The Balaban J connectivity index is 1.51. The molecule has 5 nitrogen and oxygen atoms in total. The fraction of sp³-hybridized carbons (Fsp3) is 0.409. The summed E-state index contributed by atoms with van der Waals surface area (Å²) in [4.78, 5) is 16.9. The van der Waals surface area contributed by atoms with Crippen molar-refractivity contribution in [2.24, 2.45) is 0 Å². The molecule has 0 aliphatic carbocycles. The van der Waals surface area contributed by atoms with Gasteiger partial charge in [0.25, 0.3) is 0 Å². The molecule has 0 radical (unpaired) electrons. The highest BCUT2D eigenvalue weighted by Crippen LogP contribution is 2.27. The molecule has 5 heteroatoms. The Morgan fingerprint density at radius 1 is 1.07 bits per heavy atom. The summed E-state index contributed by atoms with van der Waals surface area (Å²) in [7, 11) is 3.79. The first kappa shape index (κ1) is 19.2. The van der Waals surface area contributed by atoms with Gasteiger partial charge in [-0.2, -0.15) is 0 Å².